The number of nitrogens with two attached hydrogens (primary N) is 1. The maximum atomic E-state index is 12.7. The molecule has 0 saturated carbocycles. The van der Waals surface area contributed by atoms with Gasteiger partial charge in [0, 0.05) is 24.5 Å². The molecular formula is C15H20N2O2S2. The molecule has 114 valence electrons. The van der Waals surface area contributed by atoms with Crippen molar-refractivity contribution in [2.24, 2.45) is 5.73 Å². The fourth-order valence-electron chi connectivity index (χ4n) is 2.03. The van der Waals surface area contributed by atoms with E-state index in [1.165, 1.54) is 15.6 Å². The van der Waals surface area contributed by atoms with Crippen molar-refractivity contribution in [1.29, 1.82) is 0 Å². The highest BCUT2D eigenvalue weighted by atomic mass is 32.2. The zero-order valence-electron chi connectivity index (χ0n) is 12.0. The molecule has 6 heteroatoms. The number of aryl methyl sites for hydroxylation is 1. The molecule has 0 aliphatic carbocycles. The van der Waals surface area contributed by atoms with Crippen molar-refractivity contribution in [3.63, 3.8) is 0 Å². The molecule has 0 bridgehead atoms. The molecule has 1 aromatic heterocycles. The molecule has 0 radical (unpaired) electrons. The van der Waals surface area contributed by atoms with Crippen LogP contribution in [0.5, 0.6) is 0 Å². The van der Waals surface area contributed by atoms with Gasteiger partial charge >= 0.3 is 0 Å². The minimum absolute atomic E-state index is 0.304. The lowest BCUT2D eigenvalue weighted by Gasteiger charge is -2.20. The van der Waals surface area contributed by atoms with Gasteiger partial charge in [0.05, 0.1) is 0 Å². The zero-order chi connectivity index (χ0) is 15.3. The Morgan fingerprint density at radius 1 is 1.14 bits per heavy atom. The van der Waals surface area contributed by atoms with E-state index >= 15 is 0 Å². The lowest BCUT2D eigenvalue weighted by Crippen LogP contribution is -2.34. The summed E-state index contributed by atoms with van der Waals surface area (Å²) >= 11 is 1.33. The van der Waals surface area contributed by atoms with E-state index < -0.39 is 10.0 Å². The summed E-state index contributed by atoms with van der Waals surface area (Å²) in [5, 5.41) is 0. The molecular weight excluding hydrogens is 304 g/mol. The second kappa shape index (κ2) is 7.17. The highest BCUT2D eigenvalue weighted by molar-refractivity contribution is 7.91. The largest absolute Gasteiger partial charge is 0.329 e. The number of hydrogen-bond donors (Lipinski definition) is 1. The van der Waals surface area contributed by atoms with Gasteiger partial charge in [-0.1, -0.05) is 37.3 Å². The number of rotatable bonds is 7. The third-order valence-electron chi connectivity index (χ3n) is 3.16. The third kappa shape index (κ3) is 3.91. The summed E-state index contributed by atoms with van der Waals surface area (Å²) in [5.41, 5.74) is 6.55. The molecule has 2 N–H and O–H groups in total. The normalized spacial score (nSPS) is 12.0. The van der Waals surface area contributed by atoms with Gasteiger partial charge in [-0.3, -0.25) is 0 Å². The van der Waals surface area contributed by atoms with Crippen molar-refractivity contribution in [3.8, 4) is 0 Å². The van der Waals surface area contributed by atoms with Crippen LogP contribution in [0.25, 0.3) is 0 Å². The molecule has 2 rings (SSSR count). The van der Waals surface area contributed by atoms with Gasteiger partial charge in [-0.25, -0.2) is 8.42 Å². The van der Waals surface area contributed by atoms with Crippen LogP contribution in [0.2, 0.25) is 0 Å². The van der Waals surface area contributed by atoms with Gasteiger partial charge in [0.25, 0.3) is 10.0 Å². The van der Waals surface area contributed by atoms with Crippen LogP contribution in [-0.4, -0.2) is 25.8 Å². The molecule has 21 heavy (non-hydrogen) atoms. The van der Waals surface area contributed by atoms with E-state index in [4.69, 9.17) is 5.73 Å². The lowest BCUT2D eigenvalue weighted by atomic mass is 10.2. The van der Waals surface area contributed by atoms with Gasteiger partial charge in [0.15, 0.2) is 0 Å². The fraction of sp³-hybridized carbons (Fsp3) is 0.333. The van der Waals surface area contributed by atoms with Gasteiger partial charge in [-0.15, -0.1) is 11.3 Å². The lowest BCUT2D eigenvalue weighted by molar-refractivity contribution is 0.415. The first-order valence-electron chi connectivity index (χ1n) is 6.90. The molecule has 0 amide bonds. The van der Waals surface area contributed by atoms with Crippen molar-refractivity contribution >= 4 is 21.4 Å². The van der Waals surface area contributed by atoms with Crippen LogP contribution in [0.15, 0.2) is 46.7 Å². The van der Waals surface area contributed by atoms with E-state index in [-0.39, 0.29) is 0 Å². The summed E-state index contributed by atoms with van der Waals surface area (Å²) < 4.78 is 27.3. The molecule has 0 atom stereocenters. The first-order chi connectivity index (χ1) is 10.1. The van der Waals surface area contributed by atoms with Crippen LogP contribution in [0.4, 0.5) is 0 Å². The predicted octanol–water partition coefficient (Wildman–Crippen LogP) is 2.46. The van der Waals surface area contributed by atoms with Crippen molar-refractivity contribution in [1.82, 2.24) is 4.31 Å². The summed E-state index contributed by atoms with van der Waals surface area (Å²) in [5.74, 6) is 0. The molecule has 1 aromatic carbocycles. The van der Waals surface area contributed by atoms with Crippen LogP contribution in [0, 0.1) is 0 Å². The highest BCUT2D eigenvalue weighted by Crippen LogP contribution is 2.26. The van der Waals surface area contributed by atoms with E-state index in [1.807, 2.05) is 43.3 Å². The number of sulfonamides is 1. The summed E-state index contributed by atoms with van der Waals surface area (Å²) in [7, 11) is -3.48. The molecule has 0 unspecified atom stereocenters. The maximum absolute atomic E-state index is 12.7. The quantitative estimate of drug-likeness (QED) is 0.851. The molecule has 0 saturated heterocycles. The minimum Gasteiger partial charge on any atom is -0.329 e. The number of thiophene rings is 1. The Bertz CT molecular complexity index is 666. The summed E-state index contributed by atoms with van der Waals surface area (Å²) in [6.07, 6.45) is 0.843. The molecule has 1 heterocycles. The Kier molecular flexibility index (Phi) is 5.52. The molecule has 0 aliphatic rings. The van der Waals surface area contributed by atoms with E-state index in [0.29, 0.717) is 23.8 Å². The van der Waals surface area contributed by atoms with E-state index in [1.54, 1.807) is 6.07 Å². The average Bonchev–Trinajstić information content (AvgIpc) is 2.97. The number of nitrogens with zero attached hydrogens (tertiary/aromatic N) is 1. The third-order valence-corrected chi connectivity index (χ3v) is 6.70. The van der Waals surface area contributed by atoms with Crippen LogP contribution in [-0.2, 0) is 23.0 Å². The standard InChI is InChI=1S/C15H20N2O2S2/c1-2-14-8-9-15(20-14)21(18,19)17(11-10-16)12-13-6-4-3-5-7-13/h3-9H,2,10-12,16H2,1H3. The van der Waals surface area contributed by atoms with E-state index in [9.17, 15) is 8.42 Å². The Morgan fingerprint density at radius 2 is 1.86 bits per heavy atom. The summed E-state index contributed by atoms with van der Waals surface area (Å²) in [6, 6.07) is 13.1. The van der Waals surface area contributed by atoms with Crippen LogP contribution < -0.4 is 5.73 Å². The number of benzene rings is 1. The van der Waals surface area contributed by atoms with Crippen molar-refractivity contribution in [2.75, 3.05) is 13.1 Å². The van der Waals surface area contributed by atoms with E-state index in [2.05, 4.69) is 0 Å². The van der Waals surface area contributed by atoms with Crippen LogP contribution in [0.1, 0.15) is 17.4 Å². The van der Waals surface area contributed by atoms with Gasteiger partial charge in [0.2, 0.25) is 0 Å². The Morgan fingerprint density at radius 3 is 2.43 bits per heavy atom. The van der Waals surface area contributed by atoms with Crippen LogP contribution >= 0.6 is 11.3 Å². The van der Waals surface area contributed by atoms with Gasteiger partial charge < -0.3 is 5.73 Å². The maximum Gasteiger partial charge on any atom is 0.252 e. The Hall–Kier alpha value is -1.21. The average molecular weight is 324 g/mol. The summed E-state index contributed by atoms with van der Waals surface area (Å²) in [6.45, 7) is 2.98. The van der Waals surface area contributed by atoms with E-state index in [0.717, 1.165) is 16.9 Å². The monoisotopic (exact) mass is 324 g/mol. The van der Waals surface area contributed by atoms with Gasteiger partial charge in [0.1, 0.15) is 4.21 Å². The minimum atomic E-state index is -3.48. The first kappa shape index (κ1) is 16.2. The van der Waals surface area contributed by atoms with Crippen molar-refractivity contribution in [3.05, 3.63) is 52.9 Å². The second-order valence-corrected chi connectivity index (χ2v) is 8.02. The van der Waals surface area contributed by atoms with Gasteiger partial charge in [-0.05, 0) is 24.1 Å². The van der Waals surface area contributed by atoms with Crippen LogP contribution in [0.3, 0.4) is 0 Å². The second-order valence-electron chi connectivity index (χ2n) is 4.69. The smallest absolute Gasteiger partial charge is 0.252 e. The first-order valence-corrected chi connectivity index (χ1v) is 9.16. The van der Waals surface area contributed by atoms with Crippen molar-refractivity contribution < 1.29 is 8.42 Å². The molecule has 0 fully saturated rings. The van der Waals surface area contributed by atoms with Gasteiger partial charge in [-0.2, -0.15) is 4.31 Å². The molecule has 0 aliphatic heterocycles. The SMILES string of the molecule is CCc1ccc(S(=O)(=O)N(CCN)Cc2ccccc2)s1. The number of hydrogen-bond acceptors (Lipinski definition) is 4. The molecule has 2 aromatic rings. The Labute approximate surface area is 130 Å². The molecule has 0 spiro atoms. The fourth-order valence-corrected chi connectivity index (χ4v) is 4.92. The summed E-state index contributed by atoms with van der Waals surface area (Å²) in [4.78, 5) is 1.07. The molecule has 4 nitrogen and oxygen atoms in total. The predicted molar refractivity (Wildman–Crippen MR) is 86.8 cm³/mol. The van der Waals surface area contributed by atoms with Crippen molar-refractivity contribution in [2.45, 2.75) is 24.1 Å². The Balaban J connectivity index is 2.27. The zero-order valence-corrected chi connectivity index (χ0v) is 13.7. The highest BCUT2D eigenvalue weighted by Gasteiger charge is 2.25. The topological polar surface area (TPSA) is 63.4 Å².